The van der Waals surface area contributed by atoms with E-state index in [2.05, 4.69) is 15.0 Å². The van der Waals surface area contributed by atoms with Gasteiger partial charge in [-0.15, -0.1) is 11.3 Å². The van der Waals surface area contributed by atoms with Crippen LogP contribution in [0.2, 0.25) is 0 Å². The molecule has 0 amide bonds. The average molecular weight is 359 g/mol. The first kappa shape index (κ1) is 15.0. The SMILES string of the molecule is O=c1c2cc(-c3ccccc3)sc2ncn1Cc1cnc2cnccn12. The maximum absolute atomic E-state index is 12.9. The van der Waals surface area contributed by atoms with E-state index >= 15 is 0 Å². The zero-order valence-corrected chi connectivity index (χ0v) is 14.4. The third kappa shape index (κ3) is 2.41. The van der Waals surface area contributed by atoms with Gasteiger partial charge in [-0.3, -0.25) is 18.7 Å². The number of imidazole rings is 1. The molecule has 0 aliphatic carbocycles. The lowest BCUT2D eigenvalue weighted by atomic mass is 10.2. The number of rotatable bonds is 3. The molecule has 0 bridgehead atoms. The van der Waals surface area contributed by atoms with Gasteiger partial charge in [-0.2, -0.15) is 0 Å². The molecule has 6 nitrogen and oxygen atoms in total. The highest BCUT2D eigenvalue weighted by molar-refractivity contribution is 7.21. The van der Waals surface area contributed by atoms with Gasteiger partial charge in [-0.1, -0.05) is 30.3 Å². The summed E-state index contributed by atoms with van der Waals surface area (Å²) in [7, 11) is 0. The zero-order valence-electron chi connectivity index (χ0n) is 13.6. The Bertz CT molecular complexity index is 1290. The standard InChI is InChI=1S/C19H13N5OS/c25-19-15-8-16(13-4-2-1-3-5-13)26-18(15)22-12-23(19)11-14-9-21-17-10-20-6-7-24(14)17/h1-10,12H,11H2. The Morgan fingerprint density at radius 1 is 1.08 bits per heavy atom. The second kappa shape index (κ2) is 5.89. The Labute approximate surface area is 152 Å². The molecule has 1 aromatic carbocycles. The largest absolute Gasteiger partial charge is 0.299 e. The van der Waals surface area contributed by atoms with Gasteiger partial charge in [-0.05, 0) is 11.6 Å². The number of fused-ring (bicyclic) bond motifs is 2. The predicted octanol–water partition coefficient (Wildman–Crippen LogP) is 3.22. The van der Waals surface area contributed by atoms with Crippen molar-refractivity contribution in [2.45, 2.75) is 6.54 Å². The fourth-order valence-electron chi connectivity index (χ4n) is 3.00. The molecule has 0 N–H and O–H groups in total. The highest BCUT2D eigenvalue weighted by atomic mass is 32.1. The van der Waals surface area contributed by atoms with Crippen LogP contribution in [0.25, 0.3) is 26.3 Å². The van der Waals surface area contributed by atoms with Gasteiger partial charge in [0, 0.05) is 17.3 Å². The highest BCUT2D eigenvalue weighted by Crippen LogP contribution is 2.30. The van der Waals surface area contributed by atoms with Gasteiger partial charge in [-0.25, -0.2) is 9.97 Å². The van der Waals surface area contributed by atoms with E-state index in [9.17, 15) is 4.79 Å². The lowest BCUT2D eigenvalue weighted by Crippen LogP contribution is -2.21. The number of hydrogen-bond donors (Lipinski definition) is 0. The quantitative estimate of drug-likeness (QED) is 0.496. The van der Waals surface area contributed by atoms with Crippen molar-refractivity contribution >= 4 is 27.2 Å². The third-order valence-corrected chi connectivity index (χ3v) is 5.39. The fraction of sp³-hybridized carbons (Fsp3) is 0.0526. The van der Waals surface area contributed by atoms with Crippen molar-refractivity contribution in [3.05, 3.63) is 83.6 Å². The van der Waals surface area contributed by atoms with Crippen LogP contribution in [-0.4, -0.2) is 23.9 Å². The first-order valence-electron chi connectivity index (χ1n) is 8.10. The second-order valence-electron chi connectivity index (χ2n) is 5.93. The molecule has 5 rings (SSSR count). The molecule has 0 unspecified atom stereocenters. The molecule has 0 saturated heterocycles. The predicted molar refractivity (Wildman–Crippen MR) is 101 cm³/mol. The summed E-state index contributed by atoms with van der Waals surface area (Å²) in [5.41, 5.74) is 2.71. The topological polar surface area (TPSA) is 65.1 Å². The first-order valence-corrected chi connectivity index (χ1v) is 8.91. The molecule has 0 aliphatic heterocycles. The molecule has 7 heteroatoms. The van der Waals surface area contributed by atoms with Gasteiger partial charge < -0.3 is 0 Å². The normalized spacial score (nSPS) is 11.4. The molecule has 0 saturated carbocycles. The number of hydrogen-bond acceptors (Lipinski definition) is 5. The second-order valence-corrected chi connectivity index (χ2v) is 6.96. The summed E-state index contributed by atoms with van der Waals surface area (Å²) in [6.07, 6.45) is 8.60. The van der Waals surface area contributed by atoms with Crippen molar-refractivity contribution in [2.24, 2.45) is 0 Å². The van der Waals surface area contributed by atoms with Crippen molar-refractivity contribution in [3.8, 4) is 10.4 Å². The summed E-state index contributed by atoms with van der Waals surface area (Å²) < 4.78 is 3.54. The average Bonchev–Trinajstić information content (AvgIpc) is 3.30. The summed E-state index contributed by atoms with van der Waals surface area (Å²) in [6.45, 7) is 0.406. The van der Waals surface area contributed by atoms with E-state index in [1.54, 1.807) is 29.5 Å². The van der Waals surface area contributed by atoms with E-state index in [1.807, 2.05) is 47.0 Å². The Morgan fingerprint density at radius 2 is 1.96 bits per heavy atom. The maximum Gasteiger partial charge on any atom is 0.262 e. The molecule has 4 heterocycles. The van der Waals surface area contributed by atoms with Gasteiger partial charge in [0.1, 0.15) is 4.83 Å². The van der Waals surface area contributed by atoms with Crippen LogP contribution in [-0.2, 0) is 6.54 Å². The number of nitrogens with zero attached hydrogens (tertiary/aromatic N) is 5. The fourth-order valence-corrected chi connectivity index (χ4v) is 4.00. The summed E-state index contributed by atoms with van der Waals surface area (Å²) in [6, 6.07) is 12.0. The Balaban J connectivity index is 1.59. The summed E-state index contributed by atoms with van der Waals surface area (Å²) in [4.78, 5) is 27.6. The number of benzene rings is 1. The van der Waals surface area contributed by atoms with Crippen LogP contribution in [0.5, 0.6) is 0 Å². The van der Waals surface area contributed by atoms with Gasteiger partial charge in [0.15, 0.2) is 5.65 Å². The molecular formula is C19H13N5OS. The molecule has 4 aromatic heterocycles. The van der Waals surface area contributed by atoms with Crippen molar-refractivity contribution in [3.63, 3.8) is 0 Å². The van der Waals surface area contributed by atoms with Crippen LogP contribution < -0.4 is 5.56 Å². The monoisotopic (exact) mass is 359 g/mol. The van der Waals surface area contributed by atoms with E-state index in [-0.39, 0.29) is 5.56 Å². The minimum atomic E-state index is -0.0440. The van der Waals surface area contributed by atoms with Crippen molar-refractivity contribution in [1.29, 1.82) is 0 Å². The van der Waals surface area contributed by atoms with Crippen molar-refractivity contribution in [1.82, 2.24) is 23.9 Å². The van der Waals surface area contributed by atoms with Gasteiger partial charge in [0.25, 0.3) is 5.56 Å². The minimum absolute atomic E-state index is 0.0440. The van der Waals surface area contributed by atoms with Crippen LogP contribution in [0.1, 0.15) is 5.69 Å². The molecule has 0 spiro atoms. The zero-order chi connectivity index (χ0) is 17.5. The molecule has 26 heavy (non-hydrogen) atoms. The van der Waals surface area contributed by atoms with Crippen LogP contribution >= 0.6 is 11.3 Å². The molecule has 0 fully saturated rings. The van der Waals surface area contributed by atoms with E-state index in [4.69, 9.17) is 0 Å². The third-order valence-electron chi connectivity index (χ3n) is 4.30. The molecule has 126 valence electrons. The molecule has 0 aliphatic rings. The van der Waals surface area contributed by atoms with E-state index in [1.165, 1.54) is 11.3 Å². The summed E-state index contributed by atoms with van der Waals surface area (Å²) in [5, 5.41) is 0.645. The summed E-state index contributed by atoms with van der Waals surface area (Å²) >= 11 is 1.53. The molecule has 5 aromatic rings. The Hall–Kier alpha value is -3.32. The Kier molecular flexibility index (Phi) is 3.39. The minimum Gasteiger partial charge on any atom is -0.299 e. The number of thiophene rings is 1. The summed E-state index contributed by atoms with van der Waals surface area (Å²) in [5.74, 6) is 0. The van der Waals surface area contributed by atoms with E-state index < -0.39 is 0 Å². The van der Waals surface area contributed by atoms with Crippen molar-refractivity contribution in [2.75, 3.05) is 0 Å². The number of aromatic nitrogens is 5. The van der Waals surface area contributed by atoms with Crippen LogP contribution in [0.15, 0.2) is 72.3 Å². The lowest BCUT2D eigenvalue weighted by molar-refractivity contribution is 0.724. The lowest BCUT2D eigenvalue weighted by Gasteiger charge is -2.04. The molecule has 0 radical (unpaired) electrons. The molecular weight excluding hydrogens is 346 g/mol. The van der Waals surface area contributed by atoms with Crippen LogP contribution in [0, 0.1) is 0 Å². The first-order chi connectivity index (χ1) is 12.8. The smallest absolute Gasteiger partial charge is 0.262 e. The van der Waals surface area contributed by atoms with Gasteiger partial charge in [0.2, 0.25) is 0 Å². The van der Waals surface area contributed by atoms with Crippen LogP contribution in [0.3, 0.4) is 0 Å². The van der Waals surface area contributed by atoms with Gasteiger partial charge >= 0.3 is 0 Å². The maximum atomic E-state index is 12.9. The molecule has 0 atom stereocenters. The van der Waals surface area contributed by atoms with Crippen molar-refractivity contribution < 1.29 is 0 Å². The van der Waals surface area contributed by atoms with Gasteiger partial charge in [0.05, 0.1) is 36.3 Å². The Morgan fingerprint density at radius 3 is 2.85 bits per heavy atom. The van der Waals surface area contributed by atoms with E-state index in [0.29, 0.717) is 11.9 Å². The van der Waals surface area contributed by atoms with Crippen LogP contribution in [0.4, 0.5) is 0 Å². The van der Waals surface area contributed by atoms with E-state index in [0.717, 1.165) is 26.6 Å². The highest BCUT2D eigenvalue weighted by Gasteiger charge is 2.12.